The zero-order valence-electron chi connectivity index (χ0n) is 14.3. The average molecular weight is 445 g/mol. The number of ether oxygens (including phenoxy) is 1. The number of aliphatic hydroxyl groups is 1. The molecule has 1 saturated carbocycles. The summed E-state index contributed by atoms with van der Waals surface area (Å²) in [5.74, 6) is 1.72. The van der Waals surface area contributed by atoms with Gasteiger partial charge in [-0.25, -0.2) is 0 Å². The van der Waals surface area contributed by atoms with Gasteiger partial charge in [0.15, 0.2) is 5.96 Å². The molecular formula is C18H28IN3O2. The quantitative estimate of drug-likeness (QED) is 0.379. The molecule has 3 rings (SSSR count). The van der Waals surface area contributed by atoms with Gasteiger partial charge in [0.2, 0.25) is 0 Å². The molecule has 6 heteroatoms. The van der Waals surface area contributed by atoms with Crippen molar-refractivity contribution in [1.29, 1.82) is 0 Å². The second kappa shape index (κ2) is 8.89. The van der Waals surface area contributed by atoms with Crippen molar-refractivity contribution in [2.24, 2.45) is 4.99 Å². The van der Waals surface area contributed by atoms with E-state index in [9.17, 15) is 5.11 Å². The van der Waals surface area contributed by atoms with Gasteiger partial charge in [-0.1, -0.05) is 31.0 Å². The molecule has 1 heterocycles. The first-order valence-electron chi connectivity index (χ1n) is 8.69. The molecule has 24 heavy (non-hydrogen) atoms. The van der Waals surface area contributed by atoms with Gasteiger partial charge in [0.05, 0.1) is 24.8 Å². The van der Waals surface area contributed by atoms with Crippen LogP contribution in [-0.4, -0.2) is 36.4 Å². The lowest BCUT2D eigenvalue weighted by Crippen LogP contribution is -2.42. The lowest BCUT2D eigenvalue weighted by atomic mass is 10.0. The number of para-hydroxylation sites is 1. The van der Waals surface area contributed by atoms with E-state index in [1.807, 2.05) is 18.2 Å². The zero-order valence-corrected chi connectivity index (χ0v) is 16.6. The molecule has 5 nitrogen and oxygen atoms in total. The van der Waals surface area contributed by atoms with E-state index < -0.39 is 5.60 Å². The monoisotopic (exact) mass is 445 g/mol. The smallest absolute Gasteiger partial charge is 0.191 e. The van der Waals surface area contributed by atoms with Gasteiger partial charge in [0.1, 0.15) is 5.75 Å². The molecule has 0 spiro atoms. The number of nitrogens with zero attached hydrogens (tertiary/aromatic N) is 1. The number of nitrogens with one attached hydrogen (secondary N) is 2. The molecule has 0 amide bonds. The van der Waals surface area contributed by atoms with E-state index >= 15 is 0 Å². The molecule has 0 bridgehead atoms. The Kier molecular flexibility index (Phi) is 7.16. The zero-order chi connectivity index (χ0) is 16.1. The summed E-state index contributed by atoms with van der Waals surface area (Å²) in [6.45, 7) is 4.03. The molecule has 1 fully saturated rings. The highest BCUT2D eigenvalue weighted by molar-refractivity contribution is 14.0. The maximum atomic E-state index is 10.5. The number of hydrogen-bond donors (Lipinski definition) is 3. The highest BCUT2D eigenvalue weighted by Gasteiger charge is 2.31. The normalized spacial score (nSPS) is 22.1. The summed E-state index contributed by atoms with van der Waals surface area (Å²) in [5.41, 5.74) is 0.555. The van der Waals surface area contributed by atoms with Crippen molar-refractivity contribution in [2.45, 2.75) is 50.7 Å². The van der Waals surface area contributed by atoms with Crippen molar-refractivity contribution in [3.63, 3.8) is 0 Å². The number of benzene rings is 1. The van der Waals surface area contributed by atoms with Crippen molar-refractivity contribution in [1.82, 2.24) is 10.6 Å². The molecule has 0 saturated heterocycles. The first kappa shape index (κ1) is 19.3. The van der Waals surface area contributed by atoms with Gasteiger partial charge in [-0.3, -0.25) is 4.99 Å². The third kappa shape index (κ3) is 4.75. The minimum absolute atomic E-state index is 0. The van der Waals surface area contributed by atoms with Gasteiger partial charge in [0, 0.05) is 18.5 Å². The highest BCUT2D eigenvalue weighted by Crippen LogP contribution is 2.32. The Morgan fingerprint density at radius 1 is 1.33 bits per heavy atom. The molecule has 0 radical (unpaired) electrons. The topological polar surface area (TPSA) is 65.9 Å². The van der Waals surface area contributed by atoms with E-state index in [0.717, 1.165) is 50.4 Å². The Morgan fingerprint density at radius 3 is 2.83 bits per heavy atom. The van der Waals surface area contributed by atoms with Crippen LogP contribution in [0.3, 0.4) is 0 Å². The molecule has 1 unspecified atom stereocenters. The number of rotatable bonds is 4. The van der Waals surface area contributed by atoms with Crippen molar-refractivity contribution in [3.05, 3.63) is 29.8 Å². The van der Waals surface area contributed by atoms with Crippen LogP contribution >= 0.6 is 24.0 Å². The van der Waals surface area contributed by atoms with Crippen LogP contribution in [-0.2, 0) is 0 Å². The highest BCUT2D eigenvalue weighted by atomic mass is 127. The number of halogens is 1. The van der Waals surface area contributed by atoms with Crippen molar-refractivity contribution < 1.29 is 9.84 Å². The maximum Gasteiger partial charge on any atom is 0.191 e. The fourth-order valence-electron chi connectivity index (χ4n) is 3.39. The molecule has 2 aliphatic rings. The Hall–Kier alpha value is -1.02. The molecule has 3 N–H and O–H groups in total. The number of guanidine groups is 1. The molecule has 1 aliphatic carbocycles. The Morgan fingerprint density at radius 2 is 2.08 bits per heavy atom. The summed E-state index contributed by atoms with van der Waals surface area (Å²) in [5, 5.41) is 17.3. The van der Waals surface area contributed by atoms with E-state index in [-0.39, 0.29) is 30.0 Å². The first-order chi connectivity index (χ1) is 11.2. The van der Waals surface area contributed by atoms with Gasteiger partial charge < -0.3 is 20.5 Å². The summed E-state index contributed by atoms with van der Waals surface area (Å²) >= 11 is 0. The minimum atomic E-state index is -0.615. The fraction of sp³-hybridized carbons (Fsp3) is 0.611. The third-order valence-corrected chi connectivity index (χ3v) is 4.68. The summed E-state index contributed by atoms with van der Waals surface area (Å²) in [6.07, 6.45) is 4.82. The van der Waals surface area contributed by atoms with Crippen LogP contribution in [0.5, 0.6) is 5.75 Å². The molecule has 1 aromatic rings. The van der Waals surface area contributed by atoms with E-state index in [1.54, 1.807) is 0 Å². The summed E-state index contributed by atoms with van der Waals surface area (Å²) < 4.78 is 5.71. The molecule has 0 aromatic heterocycles. The second-order valence-electron chi connectivity index (χ2n) is 6.50. The van der Waals surface area contributed by atoms with Crippen molar-refractivity contribution >= 4 is 29.9 Å². The van der Waals surface area contributed by atoms with Gasteiger partial charge in [-0.15, -0.1) is 24.0 Å². The SMILES string of the molecule is CCNC(=NCC1(O)CCCC1)NC1CCOc2ccccc21.I. The Bertz CT molecular complexity index is 559. The van der Waals surface area contributed by atoms with Crippen LogP contribution in [0.4, 0.5) is 0 Å². The number of aliphatic imine (C=N–C) groups is 1. The predicted octanol–water partition coefficient (Wildman–Crippen LogP) is 2.99. The molecule has 134 valence electrons. The van der Waals surface area contributed by atoms with Crippen molar-refractivity contribution in [2.75, 3.05) is 19.7 Å². The standard InChI is InChI=1S/C18H27N3O2.HI/c1-2-19-17(20-13-18(22)10-5-6-11-18)21-15-9-12-23-16-8-4-3-7-14(15)16;/h3-4,7-8,15,22H,2,5-6,9-13H2,1H3,(H2,19,20,21);1H. The largest absolute Gasteiger partial charge is 0.493 e. The van der Waals surface area contributed by atoms with Gasteiger partial charge >= 0.3 is 0 Å². The predicted molar refractivity (Wildman–Crippen MR) is 107 cm³/mol. The van der Waals surface area contributed by atoms with E-state index in [1.165, 1.54) is 5.56 Å². The Labute approximate surface area is 161 Å². The van der Waals surface area contributed by atoms with E-state index in [0.29, 0.717) is 13.2 Å². The van der Waals surface area contributed by atoms with Crippen LogP contribution in [0, 0.1) is 0 Å². The molecule has 1 atom stereocenters. The lowest BCUT2D eigenvalue weighted by Gasteiger charge is -2.28. The molecular weight excluding hydrogens is 417 g/mol. The van der Waals surface area contributed by atoms with E-state index in [2.05, 4.69) is 28.6 Å². The summed E-state index contributed by atoms with van der Waals surface area (Å²) in [7, 11) is 0. The minimum Gasteiger partial charge on any atom is -0.493 e. The van der Waals surface area contributed by atoms with E-state index in [4.69, 9.17) is 4.74 Å². The molecule has 1 aromatic carbocycles. The lowest BCUT2D eigenvalue weighted by molar-refractivity contribution is 0.0574. The van der Waals surface area contributed by atoms with Crippen LogP contribution in [0.25, 0.3) is 0 Å². The van der Waals surface area contributed by atoms with Crippen LogP contribution in [0.15, 0.2) is 29.3 Å². The van der Waals surface area contributed by atoms with Crippen LogP contribution in [0.2, 0.25) is 0 Å². The average Bonchev–Trinajstić information content (AvgIpc) is 3.00. The van der Waals surface area contributed by atoms with Crippen molar-refractivity contribution in [3.8, 4) is 5.75 Å². The molecule has 1 aliphatic heterocycles. The van der Waals surface area contributed by atoms with Gasteiger partial charge in [-0.2, -0.15) is 0 Å². The van der Waals surface area contributed by atoms with Gasteiger partial charge in [0.25, 0.3) is 0 Å². The van der Waals surface area contributed by atoms with Gasteiger partial charge in [-0.05, 0) is 25.8 Å². The van der Waals surface area contributed by atoms with Crippen LogP contribution < -0.4 is 15.4 Å². The summed E-state index contributed by atoms with van der Waals surface area (Å²) in [4.78, 5) is 4.64. The Balaban J connectivity index is 0.00000208. The maximum absolute atomic E-state index is 10.5. The fourth-order valence-corrected chi connectivity index (χ4v) is 3.39. The second-order valence-corrected chi connectivity index (χ2v) is 6.50. The first-order valence-corrected chi connectivity index (χ1v) is 8.69. The van der Waals surface area contributed by atoms with Crippen LogP contribution in [0.1, 0.15) is 50.6 Å². The number of hydrogen-bond acceptors (Lipinski definition) is 3. The summed E-state index contributed by atoms with van der Waals surface area (Å²) in [6, 6.07) is 8.33. The third-order valence-electron chi connectivity index (χ3n) is 4.68. The number of fused-ring (bicyclic) bond motifs is 1.